The Hall–Kier alpha value is -2.15. The monoisotopic (exact) mass is 275 g/mol. The Bertz CT molecular complexity index is 771. The summed E-state index contributed by atoms with van der Waals surface area (Å²) in [5, 5.41) is 1.19. The molecule has 3 rings (SSSR count). The molecule has 3 aromatic rings. The first-order valence-corrected chi connectivity index (χ1v) is 7.57. The second-order valence-corrected chi connectivity index (χ2v) is 6.17. The summed E-state index contributed by atoms with van der Waals surface area (Å²) in [6, 6.07) is 21.2. The molecule has 1 heterocycles. The molecule has 0 atom stereocenters. The van der Waals surface area contributed by atoms with E-state index in [0.717, 1.165) is 17.6 Å². The van der Waals surface area contributed by atoms with Gasteiger partial charge >= 0.3 is 0 Å². The number of hydrogen-bond acceptors (Lipinski definition) is 1. The lowest BCUT2D eigenvalue weighted by Crippen LogP contribution is -2.16. The SMILES string of the molecule is CCC(C)(C)c1ccccc1-c1ccc2ccccc2n1. The standard InChI is InChI=1S/C20H21N/c1-4-20(2,3)17-11-7-6-10-16(17)19-14-13-15-9-5-8-12-18(15)21-19/h5-14H,4H2,1-3H3. The van der Waals surface area contributed by atoms with Crippen molar-refractivity contribution in [2.75, 3.05) is 0 Å². The predicted molar refractivity (Wildman–Crippen MR) is 90.5 cm³/mol. The molecule has 0 radical (unpaired) electrons. The maximum absolute atomic E-state index is 4.85. The van der Waals surface area contributed by atoms with Crippen LogP contribution in [0, 0.1) is 0 Å². The minimum absolute atomic E-state index is 0.157. The normalized spacial score (nSPS) is 11.8. The highest BCUT2D eigenvalue weighted by Gasteiger charge is 2.22. The molecule has 0 unspecified atom stereocenters. The van der Waals surface area contributed by atoms with E-state index < -0.39 is 0 Å². The van der Waals surface area contributed by atoms with Crippen molar-refractivity contribution >= 4 is 10.9 Å². The fourth-order valence-corrected chi connectivity index (χ4v) is 2.70. The number of hydrogen-bond donors (Lipinski definition) is 0. The average molecular weight is 275 g/mol. The smallest absolute Gasteiger partial charge is 0.0712 e. The number of pyridine rings is 1. The first-order valence-electron chi connectivity index (χ1n) is 7.57. The zero-order valence-corrected chi connectivity index (χ0v) is 12.9. The third-order valence-corrected chi connectivity index (χ3v) is 4.41. The quantitative estimate of drug-likeness (QED) is 0.607. The van der Waals surface area contributed by atoms with Gasteiger partial charge in [-0.15, -0.1) is 0 Å². The minimum Gasteiger partial charge on any atom is -0.248 e. The van der Waals surface area contributed by atoms with Gasteiger partial charge < -0.3 is 0 Å². The summed E-state index contributed by atoms with van der Waals surface area (Å²) >= 11 is 0. The van der Waals surface area contributed by atoms with Crippen molar-refractivity contribution in [2.24, 2.45) is 0 Å². The van der Waals surface area contributed by atoms with Crippen LogP contribution in [0.2, 0.25) is 0 Å². The van der Waals surface area contributed by atoms with E-state index in [4.69, 9.17) is 4.98 Å². The summed E-state index contributed by atoms with van der Waals surface area (Å²) in [6.07, 6.45) is 1.11. The van der Waals surface area contributed by atoms with Gasteiger partial charge in [-0.05, 0) is 29.5 Å². The molecule has 1 aromatic heterocycles. The molecule has 21 heavy (non-hydrogen) atoms. The molecule has 0 N–H and O–H groups in total. The first kappa shape index (κ1) is 13.8. The molecular formula is C20H21N. The van der Waals surface area contributed by atoms with E-state index >= 15 is 0 Å². The van der Waals surface area contributed by atoms with E-state index in [2.05, 4.69) is 75.4 Å². The molecule has 0 saturated heterocycles. The number of benzene rings is 2. The van der Waals surface area contributed by atoms with Crippen molar-refractivity contribution in [1.82, 2.24) is 4.98 Å². The highest BCUT2D eigenvalue weighted by Crippen LogP contribution is 2.34. The first-order chi connectivity index (χ1) is 10.1. The van der Waals surface area contributed by atoms with Crippen molar-refractivity contribution in [3.8, 4) is 11.3 Å². The zero-order valence-electron chi connectivity index (χ0n) is 12.9. The molecule has 0 aliphatic carbocycles. The van der Waals surface area contributed by atoms with Crippen LogP contribution in [-0.4, -0.2) is 4.98 Å². The molecule has 0 saturated carbocycles. The molecule has 106 valence electrons. The van der Waals surface area contributed by atoms with Gasteiger partial charge in [-0.1, -0.05) is 69.3 Å². The van der Waals surface area contributed by atoms with E-state index in [1.54, 1.807) is 0 Å². The molecule has 2 aromatic carbocycles. The molecule has 0 fully saturated rings. The summed E-state index contributed by atoms with van der Waals surface area (Å²) in [5.74, 6) is 0. The van der Waals surface area contributed by atoms with Gasteiger partial charge in [0.25, 0.3) is 0 Å². The van der Waals surface area contributed by atoms with Crippen LogP contribution >= 0.6 is 0 Å². The predicted octanol–water partition coefficient (Wildman–Crippen LogP) is 5.59. The van der Waals surface area contributed by atoms with E-state index in [1.807, 2.05) is 6.07 Å². The Kier molecular flexibility index (Phi) is 3.50. The summed E-state index contributed by atoms with van der Waals surface area (Å²) < 4.78 is 0. The Morgan fingerprint density at radius 3 is 2.38 bits per heavy atom. The zero-order chi connectivity index (χ0) is 14.9. The highest BCUT2D eigenvalue weighted by molar-refractivity contribution is 5.82. The Morgan fingerprint density at radius 2 is 1.57 bits per heavy atom. The van der Waals surface area contributed by atoms with E-state index in [9.17, 15) is 0 Å². The van der Waals surface area contributed by atoms with Crippen LogP contribution in [0.5, 0.6) is 0 Å². The number of para-hydroxylation sites is 1. The van der Waals surface area contributed by atoms with E-state index in [1.165, 1.54) is 16.5 Å². The lowest BCUT2D eigenvalue weighted by atomic mass is 9.79. The summed E-state index contributed by atoms with van der Waals surface area (Å²) in [5.41, 5.74) is 4.89. The second-order valence-electron chi connectivity index (χ2n) is 6.17. The van der Waals surface area contributed by atoms with Crippen LogP contribution in [0.4, 0.5) is 0 Å². The minimum atomic E-state index is 0.157. The number of fused-ring (bicyclic) bond motifs is 1. The van der Waals surface area contributed by atoms with Gasteiger partial charge in [-0.3, -0.25) is 0 Å². The third kappa shape index (κ3) is 2.56. The molecule has 0 aliphatic heterocycles. The lowest BCUT2D eigenvalue weighted by molar-refractivity contribution is 0.507. The molecule has 0 aliphatic rings. The lowest BCUT2D eigenvalue weighted by Gasteiger charge is -2.26. The average Bonchev–Trinajstić information content (AvgIpc) is 2.54. The third-order valence-electron chi connectivity index (χ3n) is 4.41. The maximum atomic E-state index is 4.85. The van der Waals surface area contributed by atoms with Crippen molar-refractivity contribution in [2.45, 2.75) is 32.6 Å². The van der Waals surface area contributed by atoms with E-state index in [0.29, 0.717) is 0 Å². The molecule has 0 bridgehead atoms. The molecule has 0 amide bonds. The van der Waals surface area contributed by atoms with Crippen molar-refractivity contribution in [1.29, 1.82) is 0 Å². The summed E-state index contributed by atoms with van der Waals surface area (Å²) in [6.45, 7) is 6.84. The number of rotatable bonds is 3. The fourth-order valence-electron chi connectivity index (χ4n) is 2.70. The van der Waals surface area contributed by atoms with Crippen LogP contribution < -0.4 is 0 Å². The number of aromatic nitrogens is 1. The molecule has 0 spiro atoms. The van der Waals surface area contributed by atoms with Crippen LogP contribution in [0.3, 0.4) is 0 Å². The second kappa shape index (κ2) is 5.33. The molecule has 1 heteroatoms. The largest absolute Gasteiger partial charge is 0.248 e. The Balaban J connectivity index is 2.19. The molecule has 1 nitrogen and oxygen atoms in total. The van der Waals surface area contributed by atoms with Crippen molar-refractivity contribution in [3.05, 3.63) is 66.2 Å². The van der Waals surface area contributed by atoms with Crippen molar-refractivity contribution in [3.63, 3.8) is 0 Å². The van der Waals surface area contributed by atoms with Gasteiger partial charge in [0.2, 0.25) is 0 Å². The maximum Gasteiger partial charge on any atom is 0.0712 e. The van der Waals surface area contributed by atoms with Gasteiger partial charge in [0.05, 0.1) is 11.2 Å². The van der Waals surface area contributed by atoms with Gasteiger partial charge in [0.1, 0.15) is 0 Å². The van der Waals surface area contributed by atoms with Gasteiger partial charge in [-0.2, -0.15) is 0 Å². The van der Waals surface area contributed by atoms with Crippen LogP contribution in [-0.2, 0) is 5.41 Å². The van der Waals surface area contributed by atoms with Gasteiger partial charge in [-0.25, -0.2) is 4.98 Å². The van der Waals surface area contributed by atoms with Crippen molar-refractivity contribution < 1.29 is 0 Å². The van der Waals surface area contributed by atoms with Crippen LogP contribution in [0.1, 0.15) is 32.8 Å². The topological polar surface area (TPSA) is 12.9 Å². The Labute approximate surface area is 126 Å². The number of nitrogens with zero attached hydrogens (tertiary/aromatic N) is 1. The molecular weight excluding hydrogens is 254 g/mol. The Morgan fingerprint density at radius 1 is 0.857 bits per heavy atom. The van der Waals surface area contributed by atoms with Gasteiger partial charge in [0, 0.05) is 10.9 Å². The van der Waals surface area contributed by atoms with Crippen LogP contribution in [0.15, 0.2) is 60.7 Å². The van der Waals surface area contributed by atoms with E-state index in [-0.39, 0.29) is 5.41 Å². The van der Waals surface area contributed by atoms with Gasteiger partial charge in [0.15, 0.2) is 0 Å². The highest BCUT2D eigenvalue weighted by atomic mass is 14.7. The van der Waals surface area contributed by atoms with Crippen LogP contribution in [0.25, 0.3) is 22.2 Å². The fraction of sp³-hybridized carbons (Fsp3) is 0.250. The summed E-state index contributed by atoms with van der Waals surface area (Å²) in [4.78, 5) is 4.85. The summed E-state index contributed by atoms with van der Waals surface area (Å²) in [7, 11) is 0.